The van der Waals surface area contributed by atoms with Gasteiger partial charge in [0.05, 0.1) is 24.0 Å². The molecule has 0 saturated heterocycles. The maximum atomic E-state index is 13.2. The molecule has 32 heavy (non-hydrogen) atoms. The number of nitrogens with zero attached hydrogens (tertiary/aromatic N) is 2. The minimum absolute atomic E-state index is 0.0514. The van der Waals surface area contributed by atoms with Gasteiger partial charge in [0.1, 0.15) is 19.0 Å². The van der Waals surface area contributed by atoms with Gasteiger partial charge in [-0.05, 0) is 25.1 Å². The molecule has 1 heterocycles. The van der Waals surface area contributed by atoms with Crippen LogP contribution in [0.5, 0.6) is 5.75 Å². The average Bonchev–Trinajstić information content (AvgIpc) is 2.71. The van der Waals surface area contributed by atoms with Crippen molar-refractivity contribution in [1.82, 2.24) is 9.80 Å². The van der Waals surface area contributed by atoms with Crippen LogP contribution in [-0.2, 0) is 24.3 Å². The first-order chi connectivity index (χ1) is 15.0. The van der Waals surface area contributed by atoms with E-state index in [1.165, 1.54) is 24.1 Å². The van der Waals surface area contributed by atoms with Crippen LogP contribution in [-0.4, -0.2) is 96.0 Å². The van der Waals surface area contributed by atoms with E-state index < -0.39 is 10.0 Å². The van der Waals surface area contributed by atoms with Gasteiger partial charge in [0.25, 0.3) is 5.91 Å². The van der Waals surface area contributed by atoms with Crippen LogP contribution in [0.2, 0.25) is 0 Å². The van der Waals surface area contributed by atoms with Crippen LogP contribution in [0.15, 0.2) is 18.2 Å². The zero-order valence-electron chi connectivity index (χ0n) is 19.5. The molecule has 0 spiro atoms. The smallest absolute Gasteiger partial charge is 0.257 e. The van der Waals surface area contributed by atoms with E-state index in [-0.39, 0.29) is 60.9 Å². The summed E-state index contributed by atoms with van der Waals surface area (Å²) >= 11 is 0. The molecule has 2 amide bonds. The molecule has 0 aromatic heterocycles. The normalized spacial score (nSPS) is 22.9. The highest BCUT2D eigenvalue weighted by Crippen LogP contribution is 2.26. The monoisotopic (exact) mass is 471 g/mol. The molecule has 3 atom stereocenters. The van der Waals surface area contributed by atoms with Gasteiger partial charge in [-0.25, -0.2) is 8.42 Å². The molecule has 11 heteroatoms. The van der Waals surface area contributed by atoms with Crippen LogP contribution in [0.25, 0.3) is 0 Å². The number of rotatable bonds is 5. The summed E-state index contributed by atoms with van der Waals surface area (Å²) in [6.45, 7) is 4.60. The van der Waals surface area contributed by atoms with Crippen LogP contribution in [0.4, 0.5) is 5.69 Å². The highest BCUT2D eigenvalue weighted by molar-refractivity contribution is 7.92. The molecule has 1 aromatic carbocycles. The van der Waals surface area contributed by atoms with Gasteiger partial charge < -0.3 is 24.0 Å². The number of ether oxygens (including phenoxy) is 3. The summed E-state index contributed by atoms with van der Waals surface area (Å²) < 4.78 is 42.3. The quantitative estimate of drug-likeness (QED) is 0.682. The van der Waals surface area contributed by atoms with Crippen molar-refractivity contribution in [3.8, 4) is 5.75 Å². The highest BCUT2D eigenvalue weighted by atomic mass is 32.2. The number of amides is 2. The Labute approximate surface area is 189 Å². The summed E-state index contributed by atoms with van der Waals surface area (Å²) in [5.74, 6) is -0.267. The Morgan fingerprint density at radius 2 is 1.94 bits per heavy atom. The van der Waals surface area contributed by atoms with Crippen molar-refractivity contribution in [2.75, 3.05) is 58.5 Å². The molecule has 0 bridgehead atoms. The first kappa shape index (κ1) is 25.9. The average molecular weight is 472 g/mol. The SMILES string of the molecule is COCC(=O)N1C[C@@H](C)[C@H](OC)CN(C)C(=O)c2cc(NS(C)(=O)=O)ccc2OC[C@H]1C. The lowest BCUT2D eigenvalue weighted by atomic mass is 10.0. The molecular formula is C21H33N3O7S. The molecule has 0 fully saturated rings. The zero-order valence-corrected chi connectivity index (χ0v) is 20.3. The van der Waals surface area contributed by atoms with Crippen molar-refractivity contribution >= 4 is 27.5 Å². The van der Waals surface area contributed by atoms with Crippen LogP contribution in [0.1, 0.15) is 24.2 Å². The summed E-state index contributed by atoms with van der Waals surface area (Å²) in [6, 6.07) is 4.22. The van der Waals surface area contributed by atoms with Crippen LogP contribution in [0, 0.1) is 5.92 Å². The van der Waals surface area contributed by atoms with Gasteiger partial charge in [-0.3, -0.25) is 14.3 Å². The van der Waals surface area contributed by atoms with E-state index in [4.69, 9.17) is 14.2 Å². The van der Waals surface area contributed by atoms with Crippen molar-refractivity contribution in [1.29, 1.82) is 0 Å². The fourth-order valence-electron chi connectivity index (χ4n) is 3.61. The third kappa shape index (κ3) is 6.81. The lowest BCUT2D eigenvalue weighted by molar-refractivity contribution is -0.139. The Kier molecular flexibility index (Phi) is 8.88. The summed E-state index contributed by atoms with van der Waals surface area (Å²) in [7, 11) is 1.16. The lowest BCUT2D eigenvalue weighted by Gasteiger charge is -2.36. The second-order valence-corrected chi connectivity index (χ2v) is 9.91. The van der Waals surface area contributed by atoms with E-state index in [0.717, 1.165) is 6.26 Å². The maximum Gasteiger partial charge on any atom is 0.257 e. The van der Waals surface area contributed by atoms with Crippen molar-refractivity contribution in [3.05, 3.63) is 23.8 Å². The molecule has 180 valence electrons. The van der Waals surface area contributed by atoms with Crippen LogP contribution < -0.4 is 9.46 Å². The number of methoxy groups -OCH3 is 2. The van der Waals surface area contributed by atoms with Crippen LogP contribution >= 0.6 is 0 Å². The van der Waals surface area contributed by atoms with E-state index in [0.29, 0.717) is 12.3 Å². The van der Waals surface area contributed by atoms with Gasteiger partial charge >= 0.3 is 0 Å². The number of carbonyl (C=O) groups is 2. The van der Waals surface area contributed by atoms with Gasteiger partial charge in [0.2, 0.25) is 15.9 Å². The summed E-state index contributed by atoms with van der Waals surface area (Å²) in [6.07, 6.45) is 0.713. The number of carbonyl (C=O) groups excluding carboxylic acids is 2. The maximum absolute atomic E-state index is 13.2. The third-order valence-electron chi connectivity index (χ3n) is 5.34. The highest BCUT2D eigenvalue weighted by Gasteiger charge is 2.30. The van der Waals surface area contributed by atoms with E-state index >= 15 is 0 Å². The Balaban J connectivity index is 2.47. The molecule has 1 aromatic rings. The number of hydrogen-bond acceptors (Lipinski definition) is 7. The Bertz CT molecular complexity index is 922. The Morgan fingerprint density at radius 3 is 2.53 bits per heavy atom. The fourth-order valence-corrected chi connectivity index (χ4v) is 4.16. The van der Waals surface area contributed by atoms with E-state index in [1.54, 1.807) is 25.1 Å². The minimum atomic E-state index is -3.52. The van der Waals surface area contributed by atoms with Gasteiger partial charge in [-0.15, -0.1) is 0 Å². The number of sulfonamides is 1. The standard InChI is InChI=1S/C21H33N3O7S/c1-14-10-24(20(25)13-29-4)15(2)12-31-18-8-7-16(22-32(6,27)28)9-17(18)21(26)23(3)11-19(14)30-5/h7-9,14-15,19,22H,10-13H2,1-6H3/t14-,15-,19-/m1/s1. The molecule has 1 aliphatic rings. The zero-order chi connectivity index (χ0) is 24.1. The van der Waals surface area contributed by atoms with E-state index in [1.807, 2.05) is 13.8 Å². The molecule has 0 saturated carbocycles. The van der Waals surface area contributed by atoms with E-state index in [9.17, 15) is 18.0 Å². The number of fused-ring (bicyclic) bond motifs is 1. The van der Waals surface area contributed by atoms with Gasteiger partial charge in [-0.1, -0.05) is 6.92 Å². The van der Waals surface area contributed by atoms with Gasteiger partial charge in [0.15, 0.2) is 0 Å². The molecule has 1 aliphatic heterocycles. The third-order valence-corrected chi connectivity index (χ3v) is 5.94. The van der Waals surface area contributed by atoms with Crippen LogP contribution in [0.3, 0.4) is 0 Å². The number of anilines is 1. The lowest BCUT2D eigenvalue weighted by Crippen LogP contribution is -2.49. The molecule has 10 nitrogen and oxygen atoms in total. The summed E-state index contributed by atoms with van der Waals surface area (Å²) in [5.41, 5.74) is 0.469. The second kappa shape index (κ2) is 11.0. The molecule has 0 aliphatic carbocycles. The number of likely N-dealkylation sites (N-methyl/N-ethyl adjacent to an activating group) is 1. The second-order valence-electron chi connectivity index (χ2n) is 8.16. The van der Waals surface area contributed by atoms with Gasteiger partial charge in [-0.2, -0.15) is 0 Å². The summed E-state index contributed by atoms with van der Waals surface area (Å²) in [4.78, 5) is 29.1. The van der Waals surface area contributed by atoms with Crippen molar-refractivity contribution in [2.45, 2.75) is 26.0 Å². The predicted molar refractivity (Wildman–Crippen MR) is 120 cm³/mol. The first-order valence-electron chi connectivity index (χ1n) is 10.3. The predicted octanol–water partition coefficient (Wildman–Crippen LogP) is 1.04. The molecule has 1 N–H and O–H groups in total. The molecule has 0 radical (unpaired) electrons. The largest absolute Gasteiger partial charge is 0.491 e. The van der Waals surface area contributed by atoms with Crippen molar-refractivity contribution in [3.63, 3.8) is 0 Å². The molecule has 0 unspecified atom stereocenters. The topological polar surface area (TPSA) is 114 Å². The first-order valence-corrected chi connectivity index (χ1v) is 12.2. The van der Waals surface area contributed by atoms with E-state index in [2.05, 4.69) is 4.72 Å². The fraction of sp³-hybridized carbons (Fsp3) is 0.619. The number of nitrogens with one attached hydrogen (secondary N) is 1. The molecule has 2 rings (SSSR count). The van der Waals surface area contributed by atoms with Gasteiger partial charge in [0, 0.05) is 46.0 Å². The Hall–Kier alpha value is -2.37. The number of benzene rings is 1. The number of hydrogen-bond donors (Lipinski definition) is 1. The van der Waals surface area contributed by atoms with Crippen molar-refractivity contribution in [2.24, 2.45) is 5.92 Å². The van der Waals surface area contributed by atoms with Crippen molar-refractivity contribution < 1.29 is 32.2 Å². The Morgan fingerprint density at radius 1 is 1.25 bits per heavy atom. The minimum Gasteiger partial charge on any atom is -0.491 e. The molecular weight excluding hydrogens is 438 g/mol. The summed E-state index contributed by atoms with van der Waals surface area (Å²) in [5, 5.41) is 0.